The second kappa shape index (κ2) is 7.64. The Morgan fingerprint density at radius 3 is 2.43 bits per heavy atom. The summed E-state index contributed by atoms with van der Waals surface area (Å²) < 4.78 is 21.8. The first kappa shape index (κ1) is 19.3. The van der Waals surface area contributed by atoms with E-state index in [1.807, 2.05) is 13.0 Å². The number of aryl methyl sites for hydroxylation is 2. The fraction of sp³-hybridized carbons (Fsp3) is 0.238. The number of carboxylic acids is 1. The Balaban J connectivity index is 2.32. The number of carbonyl (C=O) groups is 1. The maximum atomic E-state index is 13.1. The lowest BCUT2D eigenvalue weighted by atomic mass is 10.0. The van der Waals surface area contributed by atoms with Gasteiger partial charge in [-0.1, -0.05) is 6.07 Å². The number of methoxy groups -OCH3 is 2. The van der Waals surface area contributed by atoms with Crippen molar-refractivity contribution in [3.8, 4) is 28.6 Å². The minimum absolute atomic E-state index is 0.102. The number of carboxylic acid groups (broad SMARTS) is 1. The maximum Gasteiger partial charge on any atom is 0.235 e. The molecule has 3 rings (SSSR count). The van der Waals surface area contributed by atoms with Gasteiger partial charge in [0.15, 0.2) is 17.3 Å². The molecule has 0 spiro atoms. The Morgan fingerprint density at radius 1 is 1.07 bits per heavy atom. The minimum atomic E-state index is -1.45. The van der Waals surface area contributed by atoms with E-state index in [4.69, 9.17) is 18.6 Å². The van der Waals surface area contributed by atoms with Gasteiger partial charge in [-0.15, -0.1) is 0 Å². The number of hydrogen-bond donors (Lipinski definition) is 0. The Hall–Kier alpha value is -3.48. The van der Waals surface area contributed by atoms with Crippen molar-refractivity contribution in [3.63, 3.8) is 0 Å². The summed E-state index contributed by atoms with van der Waals surface area (Å²) in [6, 6.07) is 8.54. The Bertz CT molecular complexity index is 1110. The van der Waals surface area contributed by atoms with Gasteiger partial charge in [-0.25, -0.2) is 0 Å². The fourth-order valence-electron chi connectivity index (χ4n) is 3.10. The standard InChI is InChI=1S/C21H20O7/c1-11-7-12(2)18-16(8-11)28-20(21(19(18)24)27-10-17(22)23)13-5-6-14(25-3)15(9-13)26-4/h5-9H,10H2,1-4H3,(H,22,23)/p-1. The number of fused-ring (bicyclic) bond motifs is 1. The van der Waals surface area contributed by atoms with Crippen molar-refractivity contribution < 1.29 is 28.5 Å². The topological polar surface area (TPSA) is 98.0 Å². The van der Waals surface area contributed by atoms with Crippen molar-refractivity contribution in [1.29, 1.82) is 0 Å². The van der Waals surface area contributed by atoms with E-state index in [0.717, 1.165) is 5.56 Å². The summed E-state index contributed by atoms with van der Waals surface area (Å²) in [6.45, 7) is 2.90. The average molecular weight is 383 g/mol. The highest BCUT2D eigenvalue weighted by molar-refractivity contribution is 5.85. The van der Waals surface area contributed by atoms with Gasteiger partial charge in [-0.05, 0) is 49.2 Å². The summed E-state index contributed by atoms with van der Waals surface area (Å²) in [5.41, 5.74) is 2.04. The van der Waals surface area contributed by atoms with Gasteiger partial charge in [-0.2, -0.15) is 0 Å². The lowest BCUT2D eigenvalue weighted by Gasteiger charge is -2.14. The van der Waals surface area contributed by atoms with Crippen LogP contribution in [0.3, 0.4) is 0 Å². The summed E-state index contributed by atoms with van der Waals surface area (Å²) in [5, 5.41) is 11.2. The molecule has 0 aliphatic rings. The van der Waals surface area contributed by atoms with E-state index in [1.165, 1.54) is 14.2 Å². The Labute approximate surface area is 161 Å². The summed E-state index contributed by atoms with van der Waals surface area (Å²) >= 11 is 0. The van der Waals surface area contributed by atoms with Crippen LogP contribution in [0.2, 0.25) is 0 Å². The lowest BCUT2D eigenvalue weighted by Crippen LogP contribution is -2.30. The number of ether oxygens (including phenoxy) is 3. The van der Waals surface area contributed by atoms with Gasteiger partial charge < -0.3 is 28.5 Å². The van der Waals surface area contributed by atoms with Crippen LogP contribution in [-0.4, -0.2) is 26.8 Å². The van der Waals surface area contributed by atoms with Crippen molar-refractivity contribution in [2.45, 2.75) is 13.8 Å². The molecule has 2 aromatic carbocycles. The molecule has 0 aliphatic heterocycles. The molecule has 0 N–H and O–H groups in total. The molecular weight excluding hydrogens is 364 g/mol. The van der Waals surface area contributed by atoms with E-state index in [9.17, 15) is 14.7 Å². The maximum absolute atomic E-state index is 13.1. The SMILES string of the molecule is COc1ccc(-c2oc3cc(C)cc(C)c3c(=O)c2OCC(=O)[O-])cc1OC. The second-order valence-corrected chi connectivity index (χ2v) is 6.27. The zero-order chi connectivity index (χ0) is 20.4. The van der Waals surface area contributed by atoms with Crippen LogP contribution < -0.4 is 24.7 Å². The van der Waals surface area contributed by atoms with Gasteiger partial charge in [0.25, 0.3) is 0 Å². The van der Waals surface area contributed by atoms with Crippen molar-refractivity contribution in [1.82, 2.24) is 0 Å². The number of rotatable bonds is 6. The Kier molecular flexibility index (Phi) is 5.26. The number of benzene rings is 2. The van der Waals surface area contributed by atoms with E-state index in [1.54, 1.807) is 31.2 Å². The number of aliphatic carboxylic acids is 1. The van der Waals surface area contributed by atoms with E-state index >= 15 is 0 Å². The molecule has 0 saturated carbocycles. The molecule has 0 radical (unpaired) electrons. The highest BCUT2D eigenvalue weighted by Gasteiger charge is 2.20. The first-order valence-electron chi connectivity index (χ1n) is 8.48. The predicted molar refractivity (Wildman–Crippen MR) is 101 cm³/mol. The summed E-state index contributed by atoms with van der Waals surface area (Å²) in [4.78, 5) is 24.0. The van der Waals surface area contributed by atoms with Gasteiger partial charge in [0.2, 0.25) is 11.2 Å². The van der Waals surface area contributed by atoms with E-state index in [0.29, 0.717) is 33.6 Å². The average Bonchev–Trinajstić information content (AvgIpc) is 2.65. The molecule has 7 heteroatoms. The van der Waals surface area contributed by atoms with Gasteiger partial charge in [0.1, 0.15) is 12.2 Å². The molecule has 0 atom stereocenters. The van der Waals surface area contributed by atoms with Crippen molar-refractivity contribution in [3.05, 3.63) is 51.7 Å². The minimum Gasteiger partial charge on any atom is -0.546 e. The van der Waals surface area contributed by atoms with Gasteiger partial charge >= 0.3 is 0 Å². The van der Waals surface area contributed by atoms with Crippen molar-refractivity contribution in [2.24, 2.45) is 0 Å². The van der Waals surface area contributed by atoms with Crippen LogP contribution in [0.5, 0.6) is 17.2 Å². The lowest BCUT2D eigenvalue weighted by molar-refractivity contribution is -0.307. The summed E-state index contributed by atoms with van der Waals surface area (Å²) in [7, 11) is 2.99. The third kappa shape index (κ3) is 3.51. The van der Waals surface area contributed by atoms with Crippen LogP contribution in [0, 0.1) is 13.8 Å². The summed E-state index contributed by atoms with van der Waals surface area (Å²) in [5.74, 6) is -0.619. The number of carbonyl (C=O) groups excluding carboxylic acids is 1. The molecule has 0 saturated heterocycles. The molecule has 1 aromatic heterocycles. The smallest absolute Gasteiger partial charge is 0.235 e. The first-order chi connectivity index (χ1) is 13.3. The van der Waals surface area contributed by atoms with Gasteiger partial charge in [-0.3, -0.25) is 4.79 Å². The monoisotopic (exact) mass is 383 g/mol. The zero-order valence-electron chi connectivity index (χ0n) is 16.0. The number of hydrogen-bond acceptors (Lipinski definition) is 7. The quantitative estimate of drug-likeness (QED) is 0.644. The first-order valence-corrected chi connectivity index (χ1v) is 8.48. The fourth-order valence-corrected chi connectivity index (χ4v) is 3.10. The molecule has 0 aliphatic carbocycles. The molecule has 7 nitrogen and oxygen atoms in total. The van der Waals surface area contributed by atoms with Crippen molar-refractivity contribution in [2.75, 3.05) is 20.8 Å². The Morgan fingerprint density at radius 2 is 1.79 bits per heavy atom. The summed E-state index contributed by atoms with van der Waals surface area (Å²) in [6.07, 6.45) is 0. The third-order valence-corrected chi connectivity index (χ3v) is 4.28. The molecule has 28 heavy (non-hydrogen) atoms. The van der Waals surface area contributed by atoms with E-state index < -0.39 is 18.0 Å². The van der Waals surface area contributed by atoms with Gasteiger partial charge in [0.05, 0.1) is 25.6 Å². The zero-order valence-corrected chi connectivity index (χ0v) is 16.0. The van der Waals surface area contributed by atoms with E-state index in [2.05, 4.69) is 0 Å². The molecule has 146 valence electrons. The highest BCUT2D eigenvalue weighted by atomic mass is 16.5. The van der Waals surface area contributed by atoms with Crippen molar-refractivity contribution >= 4 is 16.9 Å². The molecule has 0 fully saturated rings. The largest absolute Gasteiger partial charge is 0.546 e. The molecule has 3 aromatic rings. The highest BCUT2D eigenvalue weighted by Crippen LogP contribution is 2.37. The van der Waals surface area contributed by atoms with Gasteiger partial charge in [0, 0.05) is 5.56 Å². The molecule has 0 amide bonds. The molecule has 0 unspecified atom stereocenters. The molecule has 0 bridgehead atoms. The third-order valence-electron chi connectivity index (χ3n) is 4.28. The molecule has 1 heterocycles. The normalized spacial score (nSPS) is 10.7. The molecular formula is C21H19O7-. The predicted octanol–water partition coefficient (Wildman–Crippen LogP) is 2.22. The van der Waals surface area contributed by atoms with Crippen LogP contribution in [-0.2, 0) is 4.79 Å². The van der Waals surface area contributed by atoms with Crippen LogP contribution in [0.25, 0.3) is 22.3 Å². The van der Waals surface area contributed by atoms with Crippen LogP contribution >= 0.6 is 0 Å². The van der Waals surface area contributed by atoms with Crippen LogP contribution in [0.4, 0.5) is 0 Å². The van der Waals surface area contributed by atoms with Crippen LogP contribution in [0.1, 0.15) is 11.1 Å². The van der Waals surface area contributed by atoms with E-state index in [-0.39, 0.29) is 11.5 Å². The van der Waals surface area contributed by atoms with Crippen LogP contribution in [0.15, 0.2) is 39.5 Å². The second-order valence-electron chi connectivity index (χ2n) is 6.27.